The van der Waals surface area contributed by atoms with Gasteiger partial charge in [-0.15, -0.1) is 12.4 Å². The first kappa shape index (κ1) is 18.7. The van der Waals surface area contributed by atoms with Gasteiger partial charge in [-0.2, -0.15) is 0 Å². The highest BCUT2D eigenvalue weighted by molar-refractivity contribution is 5.88. The van der Waals surface area contributed by atoms with Crippen LogP contribution >= 0.6 is 12.4 Å². The molecule has 2 fully saturated rings. The fraction of sp³-hybridized carbons (Fsp3) is 0.556. The van der Waals surface area contributed by atoms with Crippen molar-refractivity contribution in [3.05, 3.63) is 29.8 Å². The molecule has 0 aliphatic carbocycles. The molecule has 2 aliphatic rings. The lowest BCUT2D eigenvalue weighted by Crippen LogP contribution is -2.33. The van der Waals surface area contributed by atoms with Crippen LogP contribution in [0.15, 0.2) is 24.3 Å². The molecule has 24 heavy (non-hydrogen) atoms. The summed E-state index contributed by atoms with van der Waals surface area (Å²) in [7, 11) is 0. The van der Waals surface area contributed by atoms with Crippen molar-refractivity contribution in [1.82, 2.24) is 10.2 Å². The Hall–Kier alpha value is -1.59. The van der Waals surface area contributed by atoms with Crippen molar-refractivity contribution in [2.24, 2.45) is 11.8 Å². The number of hydrogen-bond donors (Lipinski definition) is 2. The Labute approximate surface area is 149 Å². The number of carbonyl (C=O) groups excluding carboxylic acids is 2. The van der Waals surface area contributed by atoms with Crippen molar-refractivity contribution < 1.29 is 9.59 Å². The molecule has 3 rings (SSSR count). The van der Waals surface area contributed by atoms with Crippen LogP contribution in [0.2, 0.25) is 0 Å². The second kappa shape index (κ2) is 8.49. The van der Waals surface area contributed by atoms with Gasteiger partial charge in [-0.1, -0.05) is 12.1 Å². The molecule has 0 spiro atoms. The summed E-state index contributed by atoms with van der Waals surface area (Å²) in [5.41, 5.74) is 1.76. The van der Waals surface area contributed by atoms with E-state index in [1.165, 1.54) is 6.92 Å². The average molecular weight is 352 g/mol. The second-order valence-corrected chi connectivity index (χ2v) is 6.69. The van der Waals surface area contributed by atoms with Crippen LogP contribution in [-0.4, -0.2) is 42.9 Å². The normalized spacial score (nSPS) is 23.0. The molecule has 0 bridgehead atoms. The Morgan fingerprint density at radius 3 is 2.25 bits per heavy atom. The molecule has 0 aromatic heterocycles. The maximum atomic E-state index is 12.5. The largest absolute Gasteiger partial charge is 0.342 e. The van der Waals surface area contributed by atoms with Crippen LogP contribution in [0.1, 0.15) is 25.3 Å². The number of benzene rings is 1. The molecule has 2 heterocycles. The Morgan fingerprint density at radius 2 is 1.71 bits per heavy atom. The van der Waals surface area contributed by atoms with E-state index in [0.717, 1.165) is 62.1 Å². The summed E-state index contributed by atoms with van der Waals surface area (Å²) in [6.45, 7) is 5.47. The Balaban J connectivity index is 0.00000208. The van der Waals surface area contributed by atoms with Gasteiger partial charge in [-0.3, -0.25) is 9.59 Å². The number of likely N-dealkylation sites (tertiary alicyclic amines) is 1. The number of nitrogens with zero attached hydrogens (tertiary/aromatic N) is 1. The summed E-state index contributed by atoms with van der Waals surface area (Å²) >= 11 is 0. The molecule has 6 heteroatoms. The van der Waals surface area contributed by atoms with E-state index in [2.05, 4.69) is 10.6 Å². The third-order valence-corrected chi connectivity index (χ3v) is 5.00. The summed E-state index contributed by atoms with van der Waals surface area (Å²) in [6.07, 6.45) is 2.67. The van der Waals surface area contributed by atoms with Crippen molar-refractivity contribution >= 4 is 29.9 Å². The van der Waals surface area contributed by atoms with E-state index < -0.39 is 0 Å². The summed E-state index contributed by atoms with van der Waals surface area (Å²) in [6, 6.07) is 7.53. The van der Waals surface area contributed by atoms with Crippen molar-refractivity contribution in [3.8, 4) is 0 Å². The number of carbonyl (C=O) groups is 2. The first-order valence-corrected chi connectivity index (χ1v) is 8.47. The maximum absolute atomic E-state index is 12.5. The minimum Gasteiger partial charge on any atom is -0.342 e. The SMILES string of the molecule is CC(=O)Nc1ccc(CC(=O)N2CC[C@@H]3CNC[C@@H]3CC2)cc1.Cl. The fourth-order valence-corrected chi connectivity index (χ4v) is 3.66. The summed E-state index contributed by atoms with van der Waals surface area (Å²) in [5.74, 6) is 1.61. The molecule has 2 N–H and O–H groups in total. The van der Waals surface area contributed by atoms with Gasteiger partial charge in [0.1, 0.15) is 0 Å². The van der Waals surface area contributed by atoms with Crippen LogP contribution in [0.4, 0.5) is 5.69 Å². The highest BCUT2D eigenvalue weighted by Gasteiger charge is 2.31. The second-order valence-electron chi connectivity index (χ2n) is 6.69. The van der Waals surface area contributed by atoms with E-state index in [1.807, 2.05) is 29.2 Å². The molecule has 1 aromatic carbocycles. The molecular formula is C18H26ClN3O2. The molecule has 2 atom stereocenters. The van der Waals surface area contributed by atoms with Crippen LogP contribution in [0.5, 0.6) is 0 Å². The molecular weight excluding hydrogens is 326 g/mol. The van der Waals surface area contributed by atoms with Crippen molar-refractivity contribution in [2.45, 2.75) is 26.2 Å². The van der Waals surface area contributed by atoms with Gasteiger partial charge in [0.25, 0.3) is 0 Å². The molecule has 2 aliphatic heterocycles. The third-order valence-electron chi connectivity index (χ3n) is 5.00. The van der Waals surface area contributed by atoms with Crippen molar-refractivity contribution in [2.75, 3.05) is 31.5 Å². The van der Waals surface area contributed by atoms with E-state index in [4.69, 9.17) is 0 Å². The van der Waals surface area contributed by atoms with Gasteiger partial charge in [0.2, 0.25) is 11.8 Å². The van der Waals surface area contributed by atoms with Gasteiger partial charge in [0, 0.05) is 25.7 Å². The summed E-state index contributed by atoms with van der Waals surface area (Å²) in [4.78, 5) is 25.6. The Morgan fingerprint density at radius 1 is 1.12 bits per heavy atom. The van der Waals surface area contributed by atoms with Gasteiger partial charge in [-0.05, 0) is 55.5 Å². The molecule has 0 radical (unpaired) electrons. The fourth-order valence-electron chi connectivity index (χ4n) is 3.66. The number of fused-ring (bicyclic) bond motifs is 1. The van der Waals surface area contributed by atoms with E-state index in [1.54, 1.807) is 0 Å². The summed E-state index contributed by atoms with van der Waals surface area (Å²) < 4.78 is 0. The van der Waals surface area contributed by atoms with Crippen LogP contribution in [0.3, 0.4) is 0 Å². The van der Waals surface area contributed by atoms with E-state index in [0.29, 0.717) is 6.42 Å². The van der Waals surface area contributed by atoms with Crippen LogP contribution in [-0.2, 0) is 16.0 Å². The first-order valence-electron chi connectivity index (χ1n) is 8.47. The van der Waals surface area contributed by atoms with Gasteiger partial charge >= 0.3 is 0 Å². The van der Waals surface area contributed by atoms with E-state index in [-0.39, 0.29) is 24.2 Å². The highest BCUT2D eigenvalue weighted by atomic mass is 35.5. The third kappa shape index (κ3) is 4.71. The Kier molecular flexibility index (Phi) is 6.63. The lowest BCUT2D eigenvalue weighted by atomic mass is 9.92. The predicted molar refractivity (Wildman–Crippen MR) is 97.4 cm³/mol. The zero-order chi connectivity index (χ0) is 16.2. The van der Waals surface area contributed by atoms with Gasteiger partial charge in [0.15, 0.2) is 0 Å². The average Bonchev–Trinajstić information content (AvgIpc) is 2.87. The van der Waals surface area contributed by atoms with Gasteiger partial charge in [0.05, 0.1) is 6.42 Å². The lowest BCUT2D eigenvalue weighted by Gasteiger charge is -2.21. The number of halogens is 1. The quantitative estimate of drug-likeness (QED) is 0.876. The monoisotopic (exact) mass is 351 g/mol. The molecule has 5 nitrogen and oxygen atoms in total. The molecule has 0 saturated carbocycles. The van der Waals surface area contributed by atoms with Crippen LogP contribution in [0.25, 0.3) is 0 Å². The molecule has 0 unspecified atom stereocenters. The molecule has 1 aromatic rings. The van der Waals surface area contributed by atoms with Crippen LogP contribution < -0.4 is 10.6 Å². The standard InChI is InChI=1S/C18H25N3O2.ClH/c1-13(22)20-17-4-2-14(3-5-17)10-18(23)21-8-6-15-11-19-12-16(15)7-9-21;/h2-5,15-16,19H,6-12H2,1H3,(H,20,22);1H/t15-,16+;. The maximum Gasteiger partial charge on any atom is 0.226 e. The molecule has 2 saturated heterocycles. The minimum absolute atomic E-state index is 0. The number of hydrogen-bond acceptors (Lipinski definition) is 3. The smallest absolute Gasteiger partial charge is 0.226 e. The predicted octanol–water partition coefficient (Wildman–Crippen LogP) is 2.07. The highest BCUT2D eigenvalue weighted by Crippen LogP contribution is 2.27. The van der Waals surface area contributed by atoms with E-state index in [9.17, 15) is 9.59 Å². The van der Waals surface area contributed by atoms with Gasteiger partial charge < -0.3 is 15.5 Å². The van der Waals surface area contributed by atoms with Crippen molar-refractivity contribution in [1.29, 1.82) is 0 Å². The molecule has 2 amide bonds. The zero-order valence-electron chi connectivity index (χ0n) is 14.1. The minimum atomic E-state index is -0.0848. The van der Waals surface area contributed by atoms with Crippen molar-refractivity contribution in [3.63, 3.8) is 0 Å². The summed E-state index contributed by atoms with van der Waals surface area (Å²) in [5, 5.41) is 6.20. The number of anilines is 1. The van der Waals surface area contributed by atoms with Crippen LogP contribution in [0, 0.1) is 11.8 Å². The lowest BCUT2D eigenvalue weighted by molar-refractivity contribution is -0.130. The first-order chi connectivity index (χ1) is 11.1. The topological polar surface area (TPSA) is 61.4 Å². The van der Waals surface area contributed by atoms with Gasteiger partial charge in [-0.25, -0.2) is 0 Å². The number of nitrogens with one attached hydrogen (secondary N) is 2. The zero-order valence-corrected chi connectivity index (χ0v) is 14.9. The molecule has 132 valence electrons. The number of rotatable bonds is 3. The van der Waals surface area contributed by atoms with E-state index >= 15 is 0 Å². The number of amides is 2. The Bertz CT molecular complexity index is 562.